The van der Waals surface area contributed by atoms with Gasteiger partial charge in [0.2, 0.25) is 0 Å². The van der Waals surface area contributed by atoms with Gasteiger partial charge in [-0.25, -0.2) is 4.98 Å². The van der Waals surface area contributed by atoms with E-state index in [0.29, 0.717) is 10.2 Å². The van der Waals surface area contributed by atoms with Crippen LogP contribution in [0, 0.1) is 5.21 Å². The summed E-state index contributed by atoms with van der Waals surface area (Å²) in [6, 6.07) is 20.8. The Morgan fingerprint density at radius 3 is 2.07 bits per heavy atom. The molecule has 0 bridgehead atoms. The van der Waals surface area contributed by atoms with Gasteiger partial charge in [0.15, 0.2) is 11.4 Å². The molecule has 0 aliphatic heterocycles. The highest BCUT2D eigenvalue weighted by Crippen LogP contribution is 2.35. The summed E-state index contributed by atoms with van der Waals surface area (Å²) in [5, 5.41) is 13.2. The van der Waals surface area contributed by atoms with Gasteiger partial charge in [-0.3, -0.25) is 0 Å². The topological polar surface area (TPSA) is 74.1 Å². The molecule has 29 heavy (non-hydrogen) atoms. The van der Waals surface area contributed by atoms with Crippen LogP contribution in [0.1, 0.15) is 0 Å². The predicted molar refractivity (Wildman–Crippen MR) is 112 cm³/mol. The third-order valence-corrected chi connectivity index (χ3v) is 5.33. The highest BCUT2D eigenvalue weighted by Gasteiger charge is 2.17. The molecule has 7 heteroatoms. The Hall–Kier alpha value is -3.45. The summed E-state index contributed by atoms with van der Waals surface area (Å²) in [4.78, 5) is 8.14. The van der Waals surface area contributed by atoms with Crippen LogP contribution in [-0.4, -0.2) is 24.2 Å². The average Bonchev–Trinajstić information content (AvgIpc) is 3.19. The number of ether oxygens (including phenoxy) is 2. The van der Waals surface area contributed by atoms with Crippen LogP contribution in [0.3, 0.4) is 0 Å². The van der Waals surface area contributed by atoms with Gasteiger partial charge >= 0.3 is 0 Å². The number of hydrogen-bond acceptors (Lipinski definition) is 5. The molecule has 4 rings (SSSR count). The third-order valence-electron chi connectivity index (χ3n) is 4.41. The fourth-order valence-corrected chi connectivity index (χ4v) is 3.70. The Kier molecular flexibility index (Phi) is 5.39. The van der Waals surface area contributed by atoms with E-state index in [4.69, 9.17) is 14.5 Å². The lowest BCUT2D eigenvalue weighted by Crippen LogP contribution is -2.27. The van der Waals surface area contributed by atoms with E-state index in [1.54, 1.807) is 26.4 Å². The molecule has 6 nitrogen and oxygen atoms in total. The highest BCUT2D eigenvalue weighted by molar-refractivity contribution is 7.99. The van der Waals surface area contributed by atoms with Crippen molar-refractivity contribution >= 4 is 11.8 Å². The van der Waals surface area contributed by atoms with Crippen molar-refractivity contribution in [2.45, 2.75) is 10.2 Å². The number of pyridine rings is 1. The molecule has 0 radical (unpaired) electrons. The lowest BCUT2D eigenvalue weighted by Gasteiger charge is -2.06. The van der Waals surface area contributed by atoms with E-state index in [9.17, 15) is 5.21 Å². The van der Waals surface area contributed by atoms with Crippen LogP contribution in [-0.2, 0) is 0 Å². The molecule has 0 fully saturated rings. The van der Waals surface area contributed by atoms with Crippen molar-refractivity contribution in [3.05, 3.63) is 78.1 Å². The van der Waals surface area contributed by atoms with Gasteiger partial charge in [-0.05, 0) is 54.6 Å². The number of nitrogens with zero attached hydrogens (tertiary/aromatic N) is 2. The first-order valence-electron chi connectivity index (χ1n) is 8.93. The first-order valence-corrected chi connectivity index (χ1v) is 9.74. The second kappa shape index (κ2) is 8.28. The van der Waals surface area contributed by atoms with Crippen LogP contribution in [0.15, 0.2) is 83.1 Å². The molecule has 1 N–H and O–H groups in total. The number of hydrogen-bond donors (Lipinski definition) is 1. The zero-order valence-electron chi connectivity index (χ0n) is 16.0. The minimum Gasteiger partial charge on any atom is -0.618 e. The molecule has 0 saturated carbocycles. The third kappa shape index (κ3) is 4.05. The molecular weight excluding hydrogens is 386 g/mol. The number of H-pyrrole nitrogens is 1. The Balaban J connectivity index is 1.78. The van der Waals surface area contributed by atoms with Crippen molar-refractivity contribution in [3.63, 3.8) is 0 Å². The zero-order chi connectivity index (χ0) is 20.2. The van der Waals surface area contributed by atoms with Gasteiger partial charge in [0, 0.05) is 35.0 Å². The molecule has 0 spiro atoms. The van der Waals surface area contributed by atoms with Gasteiger partial charge in [-0.2, -0.15) is 4.73 Å². The van der Waals surface area contributed by atoms with E-state index in [0.717, 1.165) is 38.7 Å². The molecular formula is C22H19N3O3S. The van der Waals surface area contributed by atoms with Crippen LogP contribution >= 0.6 is 11.8 Å². The van der Waals surface area contributed by atoms with Gasteiger partial charge in [0.1, 0.15) is 11.5 Å². The normalized spacial score (nSPS) is 10.7. The van der Waals surface area contributed by atoms with E-state index >= 15 is 0 Å². The van der Waals surface area contributed by atoms with Gasteiger partial charge in [-0.15, -0.1) is 0 Å². The number of methoxy groups -OCH3 is 2. The Morgan fingerprint density at radius 2 is 1.48 bits per heavy atom. The molecule has 2 aromatic heterocycles. The first kappa shape index (κ1) is 18.9. The largest absolute Gasteiger partial charge is 0.618 e. The molecule has 0 unspecified atom stereocenters. The summed E-state index contributed by atoms with van der Waals surface area (Å²) >= 11 is 1.29. The summed E-state index contributed by atoms with van der Waals surface area (Å²) < 4.78 is 11.3. The van der Waals surface area contributed by atoms with Gasteiger partial charge in [-0.1, -0.05) is 0 Å². The van der Waals surface area contributed by atoms with Gasteiger partial charge in [0.25, 0.3) is 5.03 Å². The average molecular weight is 405 g/mol. The van der Waals surface area contributed by atoms with E-state index in [1.165, 1.54) is 18.0 Å². The molecule has 0 atom stereocenters. The zero-order valence-corrected chi connectivity index (χ0v) is 16.8. The maximum Gasteiger partial charge on any atom is 0.259 e. The van der Waals surface area contributed by atoms with Crippen LogP contribution < -0.4 is 14.2 Å². The van der Waals surface area contributed by atoms with Crippen molar-refractivity contribution in [2.24, 2.45) is 0 Å². The lowest BCUT2D eigenvalue weighted by atomic mass is 10.0. The fourth-order valence-electron chi connectivity index (χ4n) is 2.91. The van der Waals surface area contributed by atoms with Crippen LogP contribution in [0.25, 0.3) is 22.5 Å². The SMILES string of the molecule is COc1ccc(-c2nc(Sc3cccc[n+]3[O-])[nH]c2-c2ccc(OC)cc2)cc1. The van der Waals surface area contributed by atoms with Crippen LogP contribution in [0.4, 0.5) is 0 Å². The first-order chi connectivity index (χ1) is 14.2. The maximum absolute atomic E-state index is 12.0. The van der Waals surface area contributed by atoms with Gasteiger partial charge < -0.3 is 19.7 Å². The number of aromatic nitrogens is 3. The van der Waals surface area contributed by atoms with Crippen molar-refractivity contribution in [2.75, 3.05) is 14.2 Å². The quantitative estimate of drug-likeness (QED) is 0.376. The molecule has 2 aromatic carbocycles. The van der Waals surface area contributed by atoms with Crippen molar-refractivity contribution in [1.82, 2.24) is 9.97 Å². The molecule has 0 aliphatic rings. The highest BCUT2D eigenvalue weighted by atomic mass is 32.2. The second-order valence-corrected chi connectivity index (χ2v) is 7.20. The summed E-state index contributed by atoms with van der Waals surface area (Å²) in [5.74, 6) is 1.56. The molecule has 2 heterocycles. The summed E-state index contributed by atoms with van der Waals surface area (Å²) in [6.07, 6.45) is 1.47. The summed E-state index contributed by atoms with van der Waals surface area (Å²) in [5.41, 5.74) is 3.59. The summed E-state index contributed by atoms with van der Waals surface area (Å²) in [6.45, 7) is 0. The molecule has 0 amide bonds. The minimum absolute atomic E-state index is 0.545. The van der Waals surface area contributed by atoms with Crippen LogP contribution in [0.2, 0.25) is 0 Å². The maximum atomic E-state index is 12.0. The van der Waals surface area contributed by atoms with Crippen LogP contribution in [0.5, 0.6) is 11.5 Å². The van der Waals surface area contributed by atoms with E-state index in [2.05, 4.69) is 4.98 Å². The number of rotatable bonds is 6. The minimum atomic E-state index is 0.545. The standard InChI is InChI=1S/C22H19N3O3S/c1-27-17-10-6-15(7-11-17)20-21(16-8-12-18(28-2)13-9-16)24-22(23-20)29-19-5-3-4-14-25(19)26/h3-14H,1-2H3,(H,23,24). The molecule has 4 aromatic rings. The molecule has 146 valence electrons. The Labute approximate surface area is 172 Å². The van der Waals surface area contributed by atoms with Crippen molar-refractivity contribution < 1.29 is 14.2 Å². The second-order valence-electron chi connectivity index (χ2n) is 6.19. The number of benzene rings is 2. The van der Waals surface area contributed by atoms with E-state index in [1.807, 2.05) is 54.6 Å². The molecule has 0 aliphatic carbocycles. The fraction of sp³-hybridized carbons (Fsp3) is 0.0909. The smallest absolute Gasteiger partial charge is 0.259 e. The number of imidazole rings is 1. The Morgan fingerprint density at radius 1 is 0.862 bits per heavy atom. The van der Waals surface area contributed by atoms with E-state index in [-0.39, 0.29) is 0 Å². The monoisotopic (exact) mass is 405 g/mol. The lowest BCUT2D eigenvalue weighted by molar-refractivity contribution is -0.645. The number of nitrogens with one attached hydrogen (secondary N) is 1. The van der Waals surface area contributed by atoms with Crippen molar-refractivity contribution in [1.29, 1.82) is 0 Å². The van der Waals surface area contributed by atoms with Crippen molar-refractivity contribution in [3.8, 4) is 34.0 Å². The van der Waals surface area contributed by atoms with Gasteiger partial charge in [0.05, 0.1) is 25.6 Å². The summed E-state index contributed by atoms with van der Waals surface area (Å²) in [7, 11) is 3.28. The predicted octanol–water partition coefficient (Wildman–Crippen LogP) is 4.55. The van der Waals surface area contributed by atoms with E-state index < -0.39 is 0 Å². The number of aromatic amines is 1. The molecule has 0 saturated heterocycles. The Bertz CT molecular complexity index is 1040.